The first-order chi connectivity index (χ1) is 9.02. The van der Waals surface area contributed by atoms with Crippen molar-refractivity contribution >= 4 is 11.9 Å². The summed E-state index contributed by atoms with van der Waals surface area (Å²) < 4.78 is 9.90. The van der Waals surface area contributed by atoms with Gasteiger partial charge in [0, 0.05) is 0 Å². The molecule has 2 saturated carbocycles. The number of carbonyl (C=O) groups is 2. The normalized spacial score (nSPS) is 40.2. The number of methoxy groups -OCH3 is 1. The number of esters is 2. The zero-order chi connectivity index (χ0) is 14.2. The van der Waals surface area contributed by atoms with Crippen molar-refractivity contribution in [3.05, 3.63) is 0 Å². The van der Waals surface area contributed by atoms with Crippen LogP contribution in [0.2, 0.25) is 0 Å². The maximum absolute atomic E-state index is 12.1. The van der Waals surface area contributed by atoms with Crippen LogP contribution in [0.1, 0.15) is 20.3 Å². The van der Waals surface area contributed by atoms with Crippen LogP contribution < -0.4 is 0 Å². The summed E-state index contributed by atoms with van der Waals surface area (Å²) in [7, 11) is 1.36. The Morgan fingerprint density at radius 3 is 2.11 bits per heavy atom. The molecule has 0 aromatic rings. The van der Waals surface area contributed by atoms with Crippen molar-refractivity contribution in [2.75, 3.05) is 20.3 Å². The van der Waals surface area contributed by atoms with E-state index >= 15 is 0 Å². The summed E-state index contributed by atoms with van der Waals surface area (Å²) in [5.41, 5.74) is 0. The highest BCUT2D eigenvalue weighted by Crippen LogP contribution is 2.58. The van der Waals surface area contributed by atoms with Gasteiger partial charge in [-0.05, 0) is 30.1 Å². The van der Waals surface area contributed by atoms with Gasteiger partial charge in [0.15, 0.2) is 0 Å². The van der Waals surface area contributed by atoms with Crippen LogP contribution in [0.4, 0.5) is 0 Å². The molecule has 108 valence electrons. The van der Waals surface area contributed by atoms with E-state index in [0.717, 1.165) is 6.42 Å². The van der Waals surface area contributed by atoms with E-state index in [4.69, 9.17) is 14.6 Å². The topological polar surface area (TPSA) is 72.8 Å². The quantitative estimate of drug-likeness (QED) is 0.767. The van der Waals surface area contributed by atoms with Gasteiger partial charge in [0.25, 0.3) is 0 Å². The molecule has 0 spiro atoms. The molecular weight excluding hydrogens is 248 g/mol. The van der Waals surface area contributed by atoms with E-state index in [0.29, 0.717) is 11.8 Å². The molecule has 0 radical (unpaired) electrons. The Morgan fingerprint density at radius 1 is 1.11 bits per heavy atom. The first kappa shape index (κ1) is 14.3. The predicted molar refractivity (Wildman–Crippen MR) is 67.0 cm³/mol. The van der Waals surface area contributed by atoms with Gasteiger partial charge in [0.05, 0.1) is 25.6 Å². The molecule has 6 atom stereocenters. The molecule has 0 amide bonds. The number of hydrogen-bond donors (Lipinski definition) is 1. The first-order valence-electron chi connectivity index (χ1n) is 6.88. The smallest absolute Gasteiger partial charge is 0.310 e. The van der Waals surface area contributed by atoms with Gasteiger partial charge < -0.3 is 14.6 Å². The molecule has 5 heteroatoms. The third-order valence-electron chi connectivity index (χ3n) is 5.11. The molecule has 0 heterocycles. The third-order valence-corrected chi connectivity index (χ3v) is 5.11. The molecule has 0 saturated heterocycles. The van der Waals surface area contributed by atoms with E-state index in [1.54, 1.807) is 0 Å². The second-order valence-electron chi connectivity index (χ2n) is 5.75. The maximum Gasteiger partial charge on any atom is 0.310 e. The van der Waals surface area contributed by atoms with E-state index in [9.17, 15) is 9.59 Å². The van der Waals surface area contributed by atoms with E-state index in [-0.39, 0.29) is 42.9 Å². The van der Waals surface area contributed by atoms with Gasteiger partial charge in [-0.15, -0.1) is 0 Å². The van der Waals surface area contributed by atoms with Crippen LogP contribution in [0.5, 0.6) is 0 Å². The number of hydrogen-bond acceptors (Lipinski definition) is 5. The van der Waals surface area contributed by atoms with Crippen molar-refractivity contribution in [1.29, 1.82) is 0 Å². The highest BCUT2D eigenvalue weighted by Gasteiger charge is 2.60. The van der Waals surface area contributed by atoms with Crippen molar-refractivity contribution in [1.82, 2.24) is 0 Å². The summed E-state index contributed by atoms with van der Waals surface area (Å²) in [6, 6.07) is 0. The molecule has 19 heavy (non-hydrogen) atoms. The van der Waals surface area contributed by atoms with E-state index in [1.165, 1.54) is 7.11 Å². The average molecular weight is 270 g/mol. The van der Waals surface area contributed by atoms with Crippen LogP contribution >= 0.6 is 0 Å². The maximum atomic E-state index is 12.1. The molecule has 5 nitrogen and oxygen atoms in total. The third kappa shape index (κ3) is 2.24. The number of aliphatic hydroxyl groups excluding tert-OH is 1. The molecule has 0 aromatic carbocycles. The Kier molecular flexibility index (Phi) is 4.13. The van der Waals surface area contributed by atoms with Crippen molar-refractivity contribution in [2.45, 2.75) is 20.3 Å². The average Bonchev–Trinajstić information content (AvgIpc) is 2.93. The molecule has 1 N–H and O–H groups in total. The second-order valence-corrected chi connectivity index (χ2v) is 5.75. The van der Waals surface area contributed by atoms with Gasteiger partial charge in [-0.3, -0.25) is 9.59 Å². The minimum atomic E-state index is -0.407. The largest absolute Gasteiger partial charge is 0.469 e. The summed E-state index contributed by atoms with van der Waals surface area (Å²) in [6.45, 7) is 4.07. The minimum absolute atomic E-state index is 0.00938. The molecule has 2 aliphatic carbocycles. The Morgan fingerprint density at radius 2 is 1.63 bits per heavy atom. The van der Waals surface area contributed by atoms with Gasteiger partial charge in [0.2, 0.25) is 0 Å². The summed E-state index contributed by atoms with van der Waals surface area (Å²) in [4.78, 5) is 24.1. The summed E-state index contributed by atoms with van der Waals surface area (Å²) in [5, 5.41) is 8.74. The lowest BCUT2D eigenvalue weighted by atomic mass is 9.69. The molecule has 2 rings (SSSR count). The Labute approximate surface area is 113 Å². The molecule has 2 aliphatic rings. The molecule has 2 bridgehead atoms. The summed E-state index contributed by atoms with van der Waals surface area (Å²) >= 11 is 0. The van der Waals surface area contributed by atoms with Gasteiger partial charge >= 0.3 is 11.9 Å². The highest BCUT2D eigenvalue weighted by atomic mass is 16.5. The van der Waals surface area contributed by atoms with Crippen molar-refractivity contribution in [3.63, 3.8) is 0 Å². The number of fused-ring (bicyclic) bond motifs is 2. The SMILES string of the molecule is COC(=O)C1C2CC(C(C)C2C)C1C(=O)OCCO. The van der Waals surface area contributed by atoms with Crippen molar-refractivity contribution in [3.8, 4) is 0 Å². The molecule has 2 fully saturated rings. The Balaban J connectivity index is 2.19. The van der Waals surface area contributed by atoms with E-state index in [1.807, 2.05) is 0 Å². The Hall–Kier alpha value is -1.10. The summed E-state index contributed by atoms with van der Waals surface area (Å²) in [5.74, 6) is -0.224. The summed E-state index contributed by atoms with van der Waals surface area (Å²) in [6.07, 6.45) is 0.890. The van der Waals surface area contributed by atoms with Crippen molar-refractivity contribution in [2.24, 2.45) is 35.5 Å². The number of carbonyl (C=O) groups excluding carboxylic acids is 2. The zero-order valence-corrected chi connectivity index (χ0v) is 11.7. The van der Waals surface area contributed by atoms with Crippen LogP contribution in [0.3, 0.4) is 0 Å². The fourth-order valence-electron chi connectivity index (χ4n) is 4.02. The van der Waals surface area contributed by atoms with E-state index in [2.05, 4.69) is 13.8 Å². The number of aliphatic hydroxyl groups is 1. The Bertz CT molecular complexity index is 367. The van der Waals surface area contributed by atoms with Crippen LogP contribution in [-0.4, -0.2) is 37.4 Å². The highest BCUT2D eigenvalue weighted by molar-refractivity contribution is 5.83. The zero-order valence-electron chi connectivity index (χ0n) is 11.7. The van der Waals surface area contributed by atoms with Gasteiger partial charge in [-0.1, -0.05) is 13.8 Å². The predicted octanol–water partition coefficient (Wildman–Crippen LogP) is 0.849. The molecule has 6 unspecified atom stereocenters. The van der Waals surface area contributed by atoms with Gasteiger partial charge in [-0.2, -0.15) is 0 Å². The van der Waals surface area contributed by atoms with Crippen LogP contribution in [0.25, 0.3) is 0 Å². The lowest BCUT2D eigenvalue weighted by molar-refractivity contribution is -0.164. The number of ether oxygens (including phenoxy) is 2. The van der Waals surface area contributed by atoms with Crippen molar-refractivity contribution < 1.29 is 24.2 Å². The lowest BCUT2D eigenvalue weighted by Crippen LogP contribution is -2.42. The van der Waals surface area contributed by atoms with Gasteiger partial charge in [0.1, 0.15) is 6.61 Å². The second kappa shape index (κ2) is 5.49. The standard InChI is InChI=1S/C14H22O5/c1-7-8(2)10-6-9(7)11(13(16)18-3)12(10)14(17)19-5-4-15/h7-12,15H,4-6H2,1-3H3. The monoisotopic (exact) mass is 270 g/mol. The van der Waals surface area contributed by atoms with E-state index < -0.39 is 5.92 Å². The number of rotatable bonds is 4. The fourth-order valence-corrected chi connectivity index (χ4v) is 4.02. The van der Waals surface area contributed by atoms with Crippen LogP contribution in [0, 0.1) is 35.5 Å². The lowest BCUT2D eigenvalue weighted by Gasteiger charge is -2.35. The van der Waals surface area contributed by atoms with Gasteiger partial charge in [-0.25, -0.2) is 0 Å². The molecular formula is C14H22O5. The van der Waals surface area contributed by atoms with Crippen LogP contribution in [-0.2, 0) is 19.1 Å². The molecule has 0 aliphatic heterocycles. The first-order valence-corrected chi connectivity index (χ1v) is 6.88. The fraction of sp³-hybridized carbons (Fsp3) is 0.857. The molecule has 0 aromatic heterocycles. The van der Waals surface area contributed by atoms with Crippen LogP contribution in [0.15, 0.2) is 0 Å². The minimum Gasteiger partial charge on any atom is -0.469 e.